The van der Waals surface area contributed by atoms with E-state index in [4.69, 9.17) is 8.53 Å². The van der Waals surface area contributed by atoms with Crippen LogP contribution in [0.5, 0.6) is 0 Å². The maximum Gasteiger partial charge on any atom is 0.462 e. The highest BCUT2D eigenvalue weighted by Gasteiger charge is 2.22. The van der Waals surface area contributed by atoms with Crippen LogP contribution in [0.15, 0.2) is 0 Å². The monoisotopic (exact) mass is 272 g/mol. The summed E-state index contributed by atoms with van der Waals surface area (Å²) in [5, 5.41) is 2.59. The molecule has 0 saturated carbocycles. The Bertz CT molecular complexity index is 159. The van der Waals surface area contributed by atoms with E-state index in [0.29, 0.717) is 0 Å². The average molecular weight is 272 g/mol. The zero-order valence-electron chi connectivity index (χ0n) is 13.0. The van der Waals surface area contributed by atoms with Gasteiger partial charge in [-0.3, -0.25) is 0 Å². The highest BCUT2D eigenvalue weighted by Crippen LogP contribution is 2.13. The van der Waals surface area contributed by atoms with E-state index in [2.05, 4.69) is 27.7 Å². The maximum absolute atomic E-state index is 6.20. The summed E-state index contributed by atoms with van der Waals surface area (Å²) in [5.74, 6) is 0. The Morgan fingerprint density at radius 1 is 0.833 bits per heavy atom. The molecule has 0 aromatic carbocycles. The lowest BCUT2D eigenvalue weighted by Crippen LogP contribution is -2.27. The first-order valence-electron chi connectivity index (χ1n) is 8.05. The van der Waals surface area contributed by atoms with Gasteiger partial charge in [0.05, 0.1) is 0 Å². The number of unbranched alkanes of at least 4 members (excludes halogenated alkanes) is 3. The molecule has 3 heteroatoms. The maximum atomic E-state index is 6.20. The molecule has 0 aromatic heterocycles. The average Bonchev–Trinajstić information content (AvgIpc) is 2.37. The molecule has 0 saturated heterocycles. The second-order valence-corrected chi connectivity index (χ2v) is 7.78. The summed E-state index contributed by atoms with van der Waals surface area (Å²) in [6, 6.07) is 0. The van der Waals surface area contributed by atoms with Crippen LogP contribution in [0.25, 0.3) is 0 Å². The summed E-state index contributed by atoms with van der Waals surface area (Å²) < 4.78 is 12.1. The van der Waals surface area contributed by atoms with Crippen LogP contribution in [0, 0.1) is 0 Å². The van der Waals surface area contributed by atoms with Crippen LogP contribution in [0.2, 0.25) is 10.6 Å². The third-order valence-electron chi connectivity index (χ3n) is 3.20. The van der Waals surface area contributed by atoms with Gasteiger partial charge in [0, 0.05) is 6.61 Å². The number of hydrogen-bond donors (Lipinski definition) is 0. The van der Waals surface area contributed by atoms with Gasteiger partial charge in [0.2, 0.25) is 0 Å². The summed E-state index contributed by atoms with van der Waals surface area (Å²) in [7, 11) is 0. The van der Waals surface area contributed by atoms with Crippen molar-refractivity contribution in [2.24, 2.45) is 0 Å². The minimum Gasteiger partial charge on any atom is -0.478 e. The molecule has 0 radical (unpaired) electrons. The van der Waals surface area contributed by atoms with Crippen molar-refractivity contribution in [1.29, 1.82) is 0 Å². The highest BCUT2D eigenvalue weighted by molar-refractivity contribution is 6.51. The molecule has 0 aliphatic carbocycles. The molecule has 0 aliphatic heterocycles. The molecular formula is C15H33AlO2. The summed E-state index contributed by atoms with van der Waals surface area (Å²) >= 11 is -0.999. The van der Waals surface area contributed by atoms with Gasteiger partial charge < -0.3 is 8.53 Å². The fourth-order valence-electron chi connectivity index (χ4n) is 2.14. The van der Waals surface area contributed by atoms with E-state index in [1.165, 1.54) is 49.1 Å². The van der Waals surface area contributed by atoms with Gasteiger partial charge in [-0.2, -0.15) is 0 Å². The van der Waals surface area contributed by atoms with E-state index in [-0.39, 0.29) is 6.29 Å². The van der Waals surface area contributed by atoms with Crippen molar-refractivity contribution in [3.63, 3.8) is 0 Å². The summed E-state index contributed by atoms with van der Waals surface area (Å²) in [5.41, 5.74) is 0. The van der Waals surface area contributed by atoms with Crippen LogP contribution in [0.1, 0.15) is 72.6 Å². The van der Waals surface area contributed by atoms with Crippen LogP contribution in [0.3, 0.4) is 0 Å². The predicted molar refractivity (Wildman–Crippen MR) is 81.2 cm³/mol. The highest BCUT2D eigenvalue weighted by atomic mass is 27.2. The van der Waals surface area contributed by atoms with Gasteiger partial charge in [-0.1, -0.05) is 70.4 Å². The Hall–Kier alpha value is 0.452. The van der Waals surface area contributed by atoms with E-state index < -0.39 is 14.5 Å². The van der Waals surface area contributed by atoms with E-state index in [0.717, 1.165) is 13.0 Å². The molecule has 0 bridgehead atoms. The molecule has 0 N–H and O–H groups in total. The lowest BCUT2D eigenvalue weighted by atomic mass is 10.2. The van der Waals surface area contributed by atoms with Gasteiger partial charge >= 0.3 is 14.5 Å². The van der Waals surface area contributed by atoms with Crippen molar-refractivity contribution in [2.75, 3.05) is 6.61 Å². The smallest absolute Gasteiger partial charge is 0.462 e. The normalized spacial score (nSPS) is 12.7. The van der Waals surface area contributed by atoms with Crippen LogP contribution < -0.4 is 0 Å². The summed E-state index contributed by atoms with van der Waals surface area (Å²) in [6.07, 6.45) is 8.65. The lowest BCUT2D eigenvalue weighted by Gasteiger charge is -2.22. The van der Waals surface area contributed by atoms with Crippen molar-refractivity contribution in [2.45, 2.75) is 89.5 Å². The van der Waals surface area contributed by atoms with Crippen LogP contribution in [-0.4, -0.2) is 27.4 Å². The van der Waals surface area contributed by atoms with Crippen molar-refractivity contribution in [3.8, 4) is 0 Å². The molecule has 18 heavy (non-hydrogen) atoms. The minimum atomic E-state index is -0.999. The van der Waals surface area contributed by atoms with Gasteiger partial charge in [0.15, 0.2) is 0 Å². The van der Waals surface area contributed by atoms with E-state index in [9.17, 15) is 0 Å². The summed E-state index contributed by atoms with van der Waals surface area (Å²) in [4.78, 5) is 0. The fraction of sp³-hybridized carbons (Fsp3) is 1.00. The van der Waals surface area contributed by atoms with Gasteiger partial charge in [-0.25, -0.2) is 0 Å². The standard InChI is InChI=1S/C9H19O2.2C3H7.Al/c1-3-5-6-7-8-11-9(10)4-2;2*1-3-2;/h9H,3-8H2,1-2H3;2*1,3H2,2H3;/q-1;;;+1. The number of ether oxygens (including phenoxy) is 1. The first kappa shape index (κ1) is 18.5. The van der Waals surface area contributed by atoms with Crippen LogP contribution in [0.4, 0.5) is 0 Å². The molecule has 0 aliphatic rings. The van der Waals surface area contributed by atoms with Gasteiger partial charge in [-0.15, -0.1) is 0 Å². The summed E-state index contributed by atoms with van der Waals surface area (Å²) in [6.45, 7) is 9.79. The van der Waals surface area contributed by atoms with Crippen molar-refractivity contribution >= 4 is 14.5 Å². The van der Waals surface area contributed by atoms with Gasteiger partial charge in [-0.05, 0) is 12.8 Å². The molecule has 1 atom stereocenters. The molecular weight excluding hydrogens is 239 g/mol. The van der Waals surface area contributed by atoms with Crippen molar-refractivity contribution < 1.29 is 8.53 Å². The van der Waals surface area contributed by atoms with Crippen molar-refractivity contribution in [3.05, 3.63) is 0 Å². The lowest BCUT2D eigenvalue weighted by molar-refractivity contribution is -0.0857. The Morgan fingerprint density at radius 2 is 1.50 bits per heavy atom. The Labute approximate surface area is 119 Å². The molecule has 0 heterocycles. The molecule has 0 spiro atoms. The Morgan fingerprint density at radius 3 is 2.00 bits per heavy atom. The third kappa shape index (κ3) is 10.4. The van der Waals surface area contributed by atoms with Crippen LogP contribution >= 0.6 is 0 Å². The van der Waals surface area contributed by atoms with Crippen LogP contribution in [-0.2, 0) is 8.53 Å². The molecule has 108 valence electrons. The Kier molecular flexibility index (Phi) is 14.2. The zero-order valence-corrected chi connectivity index (χ0v) is 14.2. The van der Waals surface area contributed by atoms with E-state index in [1.807, 2.05) is 0 Å². The van der Waals surface area contributed by atoms with E-state index >= 15 is 0 Å². The van der Waals surface area contributed by atoms with Gasteiger partial charge in [0.1, 0.15) is 6.29 Å². The molecule has 0 fully saturated rings. The second-order valence-electron chi connectivity index (χ2n) is 5.10. The molecule has 0 amide bonds. The number of rotatable bonds is 13. The first-order chi connectivity index (χ1) is 8.78. The first-order valence-corrected chi connectivity index (χ1v) is 10.2. The molecule has 0 aromatic rings. The zero-order chi connectivity index (χ0) is 13.6. The number of hydrogen-bond acceptors (Lipinski definition) is 2. The quantitative estimate of drug-likeness (QED) is 0.262. The van der Waals surface area contributed by atoms with Crippen molar-refractivity contribution in [1.82, 2.24) is 0 Å². The second kappa shape index (κ2) is 13.9. The minimum absolute atomic E-state index is 0.0707. The molecule has 0 rings (SSSR count). The predicted octanol–water partition coefficient (Wildman–Crippen LogP) is 5.15. The molecule has 2 nitrogen and oxygen atoms in total. The fourth-order valence-corrected chi connectivity index (χ4v) is 4.69. The largest absolute Gasteiger partial charge is 0.478 e. The molecule has 1 unspecified atom stereocenters. The van der Waals surface area contributed by atoms with Gasteiger partial charge in [0.25, 0.3) is 0 Å². The van der Waals surface area contributed by atoms with E-state index in [1.54, 1.807) is 0 Å². The topological polar surface area (TPSA) is 18.5 Å². The Balaban J connectivity index is 3.77. The SMILES string of the molecule is CCCCCCOC(CC)[O][Al]([CH2]CC)[CH2]CC. The third-order valence-corrected chi connectivity index (χ3v) is 6.33.